The highest BCUT2D eigenvalue weighted by Crippen LogP contribution is 2.41. The van der Waals surface area contributed by atoms with E-state index >= 15 is 0 Å². The summed E-state index contributed by atoms with van der Waals surface area (Å²) in [7, 11) is 0. The number of nitrogens with zero attached hydrogens (tertiary/aromatic N) is 3. The van der Waals surface area contributed by atoms with Gasteiger partial charge in [0, 0.05) is 18.2 Å². The first-order valence-corrected chi connectivity index (χ1v) is 12.2. The molecule has 1 aromatic carbocycles. The van der Waals surface area contributed by atoms with E-state index in [1.165, 1.54) is 24.8 Å². The molecular weight excluding hydrogens is 553 g/mol. The van der Waals surface area contributed by atoms with Crippen molar-refractivity contribution >= 4 is 41.7 Å². The second-order valence-electron chi connectivity index (χ2n) is 10.2. The summed E-state index contributed by atoms with van der Waals surface area (Å²) in [5.74, 6) is 1.15. The summed E-state index contributed by atoms with van der Waals surface area (Å²) in [6, 6.07) is 9.87. The fourth-order valence-electron chi connectivity index (χ4n) is 4.56. The van der Waals surface area contributed by atoms with Gasteiger partial charge in [-0.2, -0.15) is 5.10 Å². The third-order valence-electron chi connectivity index (χ3n) is 6.32. The molecule has 0 fully saturated rings. The van der Waals surface area contributed by atoms with Gasteiger partial charge in [-0.15, -0.1) is 24.0 Å². The monoisotopic (exact) mass is 593 g/mol. The Morgan fingerprint density at radius 2 is 1.91 bits per heavy atom. The van der Waals surface area contributed by atoms with Gasteiger partial charge < -0.3 is 9.64 Å². The molecule has 1 atom stereocenters. The normalized spacial score (nSPS) is 17.5. The van der Waals surface area contributed by atoms with Crippen LogP contribution in [0.1, 0.15) is 78.4 Å². The number of allylic oxidation sites excluding steroid dienone is 1. The minimum Gasteiger partial charge on any atom is -0.444 e. The number of rotatable bonds is 8. The number of hydrogen-bond donors (Lipinski definition) is 2. The van der Waals surface area contributed by atoms with Crippen LogP contribution in [-0.4, -0.2) is 32.8 Å². The van der Waals surface area contributed by atoms with Crippen LogP contribution in [0.4, 0.5) is 10.6 Å². The maximum absolute atomic E-state index is 12.0. The number of unbranched alkanes of at least 4 members (excludes halogenated alkanes) is 2. The van der Waals surface area contributed by atoms with Crippen LogP contribution in [0.2, 0.25) is 0 Å². The molecule has 0 saturated carbocycles. The van der Waals surface area contributed by atoms with Gasteiger partial charge in [-0.25, -0.2) is 9.48 Å². The number of carbonyl (C=O) groups excluding carboxylic acids is 1. The molecule has 0 aliphatic carbocycles. The Labute approximate surface area is 226 Å². The Kier molecular flexibility index (Phi) is 9.94. The van der Waals surface area contributed by atoms with Crippen molar-refractivity contribution in [2.24, 2.45) is 0 Å². The maximum atomic E-state index is 12.0. The molecule has 0 saturated heterocycles. The summed E-state index contributed by atoms with van der Waals surface area (Å²) in [4.78, 5) is 14.4. The van der Waals surface area contributed by atoms with Gasteiger partial charge in [-0.05, 0) is 58.6 Å². The smallest absolute Gasteiger partial charge is 0.413 e. The molecule has 1 aliphatic rings. The molecule has 0 spiro atoms. The molecule has 1 amide bonds. The number of hydrogen-bond acceptors (Lipinski definition) is 5. The van der Waals surface area contributed by atoms with E-state index in [0.29, 0.717) is 5.56 Å². The van der Waals surface area contributed by atoms with Crippen LogP contribution in [0.25, 0.3) is 0 Å². The summed E-state index contributed by atoms with van der Waals surface area (Å²) in [5.41, 5.74) is 2.49. The Morgan fingerprint density at radius 3 is 2.51 bits per heavy atom. The molecule has 7 nitrogen and oxygen atoms in total. The lowest BCUT2D eigenvalue weighted by Crippen LogP contribution is -2.45. The molecule has 1 aromatic heterocycles. The Balaban J connectivity index is 0.00000432. The number of halogens is 1. The van der Waals surface area contributed by atoms with Crippen molar-refractivity contribution in [1.82, 2.24) is 15.1 Å². The highest BCUT2D eigenvalue weighted by atomic mass is 127. The fourth-order valence-corrected chi connectivity index (χ4v) is 4.56. The first-order valence-electron chi connectivity index (χ1n) is 12.2. The maximum Gasteiger partial charge on any atom is 0.413 e. The summed E-state index contributed by atoms with van der Waals surface area (Å²) >= 11 is 0. The zero-order chi connectivity index (χ0) is 24.9. The largest absolute Gasteiger partial charge is 0.444 e. The fraction of sp³-hybridized carbons (Fsp3) is 0.519. The number of fused-ring (bicyclic) bond motifs is 1. The van der Waals surface area contributed by atoms with E-state index < -0.39 is 11.7 Å². The second kappa shape index (κ2) is 12.1. The van der Waals surface area contributed by atoms with Gasteiger partial charge in [0.25, 0.3) is 0 Å². The van der Waals surface area contributed by atoms with Crippen LogP contribution in [0.5, 0.6) is 0 Å². The zero-order valence-corrected chi connectivity index (χ0v) is 24.2. The third kappa shape index (κ3) is 7.08. The number of aromatic nitrogens is 2. The first kappa shape index (κ1) is 28.9. The SMILES string of the molecule is CC=C(CCCCC)C1(C)Cn2nccc2N1Cc1ccc(C(=N)NC(=O)OC(C)(C)C)cc1.I. The molecule has 192 valence electrons. The topological polar surface area (TPSA) is 83.2 Å². The molecule has 1 aliphatic heterocycles. The van der Waals surface area contributed by atoms with Gasteiger partial charge >= 0.3 is 6.09 Å². The molecule has 0 bridgehead atoms. The van der Waals surface area contributed by atoms with Crippen LogP contribution in [-0.2, 0) is 17.8 Å². The van der Waals surface area contributed by atoms with Crippen molar-refractivity contribution in [2.75, 3.05) is 4.90 Å². The van der Waals surface area contributed by atoms with Crippen LogP contribution >= 0.6 is 24.0 Å². The Hall–Kier alpha value is -2.36. The summed E-state index contributed by atoms with van der Waals surface area (Å²) in [5, 5.41) is 15.3. The second-order valence-corrected chi connectivity index (χ2v) is 10.2. The van der Waals surface area contributed by atoms with E-state index in [-0.39, 0.29) is 35.4 Å². The van der Waals surface area contributed by atoms with Crippen molar-refractivity contribution < 1.29 is 9.53 Å². The number of amidine groups is 1. The third-order valence-corrected chi connectivity index (χ3v) is 6.32. The molecular formula is C27H40IN5O2. The molecule has 3 rings (SSSR count). The predicted molar refractivity (Wildman–Crippen MR) is 153 cm³/mol. The quantitative estimate of drug-likeness (QED) is 0.118. The molecule has 2 aromatic rings. The van der Waals surface area contributed by atoms with E-state index in [4.69, 9.17) is 10.1 Å². The number of carbonyl (C=O) groups is 1. The number of benzene rings is 1. The van der Waals surface area contributed by atoms with Crippen LogP contribution < -0.4 is 10.2 Å². The van der Waals surface area contributed by atoms with Gasteiger partial charge in [0.2, 0.25) is 0 Å². The summed E-state index contributed by atoms with van der Waals surface area (Å²) < 4.78 is 7.34. The average molecular weight is 594 g/mol. The minimum absolute atomic E-state index is 0. The van der Waals surface area contributed by atoms with Gasteiger partial charge in [0.15, 0.2) is 0 Å². The van der Waals surface area contributed by atoms with E-state index in [2.05, 4.69) is 52.9 Å². The molecule has 2 heterocycles. The van der Waals surface area contributed by atoms with Crippen LogP contribution in [0, 0.1) is 5.41 Å². The Morgan fingerprint density at radius 1 is 1.23 bits per heavy atom. The molecule has 35 heavy (non-hydrogen) atoms. The minimum atomic E-state index is -0.621. The van der Waals surface area contributed by atoms with Gasteiger partial charge in [-0.1, -0.05) is 50.1 Å². The number of amides is 1. The van der Waals surface area contributed by atoms with E-state index in [9.17, 15) is 4.79 Å². The number of nitrogens with one attached hydrogen (secondary N) is 2. The Bertz CT molecular complexity index is 1040. The van der Waals surface area contributed by atoms with Gasteiger partial charge in [-0.3, -0.25) is 10.7 Å². The first-order chi connectivity index (χ1) is 16.1. The summed E-state index contributed by atoms with van der Waals surface area (Å²) in [6.07, 6.45) is 8.26. The van der Waals surface area contributed by atoms with E-state index in [1.54, 1.807) is 20.8 Å². The van der Waals surface area contributed by atoms with E-state index in [1.807, 2.05) is 30.5 Å². The van der Waals surface area contributed by atoms with Gasteiger partial charge in [0.05, 0.1) is 18.3 Å². The van der Waals surface area contributed by atoms with Gasteiger partial charge in [0.1, 0.15) is 17.3 Å². The van der Waals surface area contributed by atoms with Crippen molar-refractivity contribution in [2.45, 2.75) is 91.5 Å². The van der Waals surface area contributed by atoms with Crippen molar-refractivity contribution in [1.29, 1.82) is 5.41 Å². The standard InChI is InChI=1S/C27H39N5O2.HI/c1-7-9-10-11-22(8-2)27(6)19-32-23(16-17-29-32)31(27)18-20-12-14-21(15-13-20)24(28)30-25(33)34-26(3,4)5;/h8,12-17H,7,9-11,18-19H2,1-6H3,(H2,28,30,33);1H. The van der Waals surface area contributed by atoms with Crippen LogP contribution in [0.15, 0.2) is 48.2 Å². The number of ether oxygens (including phenoxy) is 1. The van der Waals surface area contributed by atoms with Crippen LogP contribution in [0.3, 0.4) is 0 Å². The predicted octanol–water partition coefficient (Wildman–Crippen LogP) is 6.66. The molecule has 8 heteroatoms. The summed E-state index contributed by atoms with van der Waals surface area (Å²) in [6.45, 7) is 13.7. The number of alkyl carbamates (subject to hydrolysis) is 1. The highest BCUT2D eigenvalue weighted by Gasteiger charge is 2.42. The van der Waals surface area contributed by atoms with Crippen molar-refractivity contribution in [3.63, 3.8) is 0 Å². The highest BCUT2D eigenvalue weighted by molar-refractivity contribution is 14.0. The number of anilines is 1. The lowest BCUT2D eigenvalue weighted by molar-refractivity contribution is 0.0563. The van der Waals surface area contributed by atoms with Crippen molar-refractivity contribution in [3.05, 3.63) is 59.3 Å². The van der Waals surface area contributed by atoms with Crippen molar-refractivity contribution in [3.8, 4) is 0 Å². The molecule has 1 unspecified atom stereocenters. The van der Waals surface area contributed by atoms with E-state index in [0.717, 1.165) is 30.9 Å². The molecule has 0 radical (unpaired) electrons. The lowest BCUT2D eigenvalue weighted by Gasteiger charge is -2.38. The lowest BCUT2D eigenvalue weighted by atomic mass is 9.86. The average Bonchev–Trinajstić information content (AvgIpc) is 3.30. The molecule has 2 N–H and O–H groups in total. The zero-order valence-electron chi connectivity index (χ0n) is 21.9.